The summed E-state index contributed by atoms with van der Waals surface area (Å²) in [6.07, 6.45) is 0.0696. The van der Waals surface area contributed by atoms with Crippen LogP contribution in [0.15, 0.2) is 24.3 Å². The summed E-state index contributed by atoms with van der Waals surface area (Å²) >= 11 is 0. The van der Waals surface area contributed by atoms with E-state index in [0.717, 1.165) is 0 Å². The summed E-state index contributed by atoms with van der Waals surface area (Å²) in [6, 6.07) is 5.59. The monoisotopic (exact) mass is 225 g/mol. The SMILES string of the molecule is CC(O)CCN(C)C(=O)c1cccc(F)c1. The molecule has 1 atom stereocenters. The van der Waals surface area contributed by atoms with E-state index in [-0.39, 0.29) is 5.91 Å². The predicted octanol–water partition coefficient (Wildman–Crippen LogP) is 1.67. The number of carbonyl (C=O) groups excluding carboxylic acids is 1. The number of nitrogens with zero attached hydrogens (tertiary/aromatic N) is 1. The van der Waals surface area contributed by atoms with E-state index in [4.69, 9.17) is 5.11 Å². The van der Waals surface area contributed by atoms with Crippen molar-refractivity contribution in [3.63, 3.8) is 0 Å². The summed E-state index contributed by atoms with van der Waals surface area (Å²) in [6.45, 7) is 2.12. The van der Waals surface area contributed by atoms with Crippen LogP contribution in [0.5, 0.6) is 0 Å². The van der Waals surface area contributed by atoms with Crippen LogP contribution in [0.2, 0.25) is 0 Å². The summed E-state index contributed by atoms with van der Waals surface area (Å²) in [5.74, 6) is -0.657. The van der Waals surface area contributed by atoms with Gasteiger partial charge in [-0.2, -0.15) is 0 Å². The molecular formula is C12H16FNO2. The Bertz CT molecular complexity index is 366. The van der Waals surface area contributed by atoms with Gasteiger partial charge in [-0.15, -0.1) is 0 Å². The van der Waals surface area contributed by atoms with Crippen molar-refractivity contribution >= 4 is 5.91 Å². The van der Waals surface area contributed by atoms with Crippen LogP contribution >= 0.6 is 0 Å². The smallest absolute Gasteiger partial charge is 0.253 e. The molecule has 88 valence electrons. The van der Waals surface area contributed by atoms with Crippen LogP contribution in [0, 0.1) is 5.82 Å². The highest BCUT2D eigenvalue weighted by molar-refractivity contribution is 5.94. The van der Waals surface area contributed by atoms with Crippen molar-refractivity contribution < 1.29 is 14.3 Å². The molecule has 3 nitrogen and oxygen atoms in total. The summed E-state index contributed by atoms with van der Waals surface area (Å²) in [7, 11) is 1.63. The van der Waals surface area contributed by atoms with Crippen LogP contribution in [0.25, 0.3) is 0 Å². The van der Waals surface area contributed by atoms with E-state index in [1.54, 1.807) is 20.0 Å². The normalized spacial score (nSPS) is 12.2. The number of carbonyl (C=O) groups is 1. The number of benzene rings is 1. The molecule has 0 saturated heterocycles. The van der Waals surface area contributed by atoms with Gasteiger partial charge in [0.15, 0.2) is 0 Å². The third-order valence-electron chi connectivity index (χ3n) is 2.30. The summed E-state index contributed by atoms with van der Waals surface area (Å²) in [5, 5.41) is 9.10. The minimum atomic E-state index is -0.442. The largest absolute Gasteiger partial charge is 0.393 e. The molecule has 4 heteroatoms. The molecule has 0 aliphatic heterocycles. The first kappa shape index (κ1) is 12.6. The summed E-state index contributed by atoms with van der Waals surface area (Å²) < 4.78 is 12.9. The Morgan fingerprint density at radius 1 is 1.56 bits per heavy atom. The maximum absolute atomic E-state index is 12.9. The average Bonchev–Trinajstić information content (AvgIpc) is 2.24. The lowest BCUT2D eigenvalue weighted by molar-refractivity contribution is 0.0768. The lowest BCUT2D eigenvalue weighted by Crippen LogP contribution is -2.29. The number of aliphatic hydroxyl groups excluding tert-OH is 1. The maximum Gasteiger partial charge on any atom is 0.253 e. The molecule has 1 amide bonds. The highest BCUT2D eigenvalue weighted by Crippen LogP contribution is 2.07. The highest BCUT2D eigenvalue weighted by Gasteiger charge is 2.12. The van der Waals surface area contributed by atoms with E-state index in [1.165, 1.54) is 23.1 Å². The topological polar surface area (TPSA) is 40.5 Å². The fraction of sp³-hybridized carbons (Fsp3) is 0.417. The molecule has 1 aromatic carbocycles. The van der Waals surface area contributed by atoms with Gasteiger partial charge in [-0.25, -0.2) is 4.39 Å². The number of hydrogen-bond donors (Lipinski definition) is 1. The molecular weight excluding hydrogens is 209 g/mol. The molecule has 0 fully saturated rings. The lowest BCUT2D eigenvalue weighted by Gasteiger charge is -2.17. The van der Waals surface area contributed by atoms with Gasteiger partial charge >= 0.3 is 0 Å². The maximum atomic E-state index is 12.9. The van der Waals surface area contributed by atoms with Crippen LogP contribution in [0.3, 0.4) is 0 Å². The van der Waals surface area contributed by atoms with Crippen LogP contribution in [-0.2, 0) is 0 Å². The third kappa shape index (κ3) is 3.62. The molecule has 1 rings (SSSR count). The first-order chi connectivity index (χ1) is 7.50. The Morgan fingerprint density at radius 2 is 2.25 bits per heavy atom. The molecule has 0 radical (unpaired) electrons. The van der Waals surface area contributed by atoms with Crippen molar-refractivity contribution in [3.05, 3.63) is 35.6 Å². The molecule has 1 N–H and O–H groups in total. The van der Waals surface area contributed by atoms with Gasteiger partial charge < -0.3 is 10.0 Å². The number of aliphatic hydroxyl groups is 1. The van der Waals surface area contributed by atoms with E-state index < -0.39 is 11.9 Å². The minimum absolute atomic E-state index is 0.236. The Labute approximate surface area is 94.5 Å². The van der Waals surface area contributed by atoms with Crippen LogP contribution in [0.1, 0.15) is 23.7 Å². The second-order valence-corrected chi connectivity index (χ2v) is 3.87. The van der Waals surface area contributed by atoms with Crippen molar-refractivity contribution in [1.82, 2.24) is 4.90 Å². The van der Waals surface area contributed by atoms with E-state index in [0.29, 0.717) is 18.5 Å². The number of rotatable bonds is 4. The number of hydrogen-bond acceptors (Lipinski definition) is 2. The van der Waals surface area contributed by atoms with E-state index in [1.807, 2.05) is 0 Å². The van der Waals surface area contributed by atoms with Crippen molar-refractivity contribution in [2.24, 2.45) is 0 Å². The number of amides is 1. The fourth-order valence-corrected chi connectivity index (χ4v) is 1.32. The minimum Gasteiger partial charge on any atom is -0.393 e. The van der Waals surface area contributed by atoms with Crippen molar-refractivity contribution in [3.8, 4) is 0 Å². The first-order valence-corrected chi connectivity index (χ1v) is 5.20. The summed E-state index contributed by atoms with van der Waals surface area (Å²) in [4.78, 5) is 13.3. The molecule has 16 heavy (non-hydrogen) atoms. The zero-order valence-corrected chi connectivity index (χ0v) is 9.48. The quantitative estimate of drug-likeness (QED) is 0.846. The van der Waals surface area contributed by atoms with E-state index in [2.05, 4.69) is 0 Å². The standard InChI is InChI=1S/C12H16FNO2/c1-9(15)6-7-14(2)12(16)10-4-3-5-11(13)8-10/h3-5,8-9,15H,6-7H2,1-2H3. The second kappa shape index (κ2) is 5.61. The van der Waals surface area contributed by atoms with Crippen LogP contribution in [0.4, 0.5) is 4.39 Å². The average molecular weight is 225 g/mol. The zero-order valence-electron chi connectivity index (χ0n) is 9.48. The van der Waals surface area contributed by atoms with Crippen LogP contribution in [-0.4, -0.2) is 35.6 Å². The molecule has 0 aliphatic rings. The van der Waals surface area contributed by atoms with Gasteiger partial charge in [0.05, 0.1) is 6.10 Å². The predicted molar refractivity (Wildman–Crippen MR) is 59.7 cm³/mol. The van der Waals surface area contributed by atoms with Gasteiger partial charge in [-0.3, -0.25) is 4.79 Å². The molecule has 0 aliphatic carbocycles. The highest BCUT2D eigenvalue weighted by atomic mass is 19.1. The molecule has 0 aromatic heterocycles. The Hall–Kier alpha value is -1.42. The molecule has 0 spiro atoms. The molecule has 0 heterocycles. The molecule has 0 saturated carbocycles. The van der Waals surface area contributed by atoms with Gasteiger partial charge in [0, 0.05) is 19.2 Å². The first-order valence-electron chi connectivity index (χ1n) is 5.20. The third-order valence-corrected chi connectivity index (χ3v) is 2.30. The zero-order chi connectivity index (χ0) is 12.1. The Balaban J connectivity index is 2.63. The van der Waals surface area contributed by atoms with Crippen molar-refractivity contribution in [2.75, 3.05) is 13.6 Å². The Morgan fingerprint density at radius 3 is 2.81 bits per heavy atom. The van der Waals surface area contributed by atoms with Gasteiger partial charge in [0.25, 0.3) is 5.91 Å². The Kier molecular flexibility index (Phi) is 4.43. The van der Waals surface area contributed by atoms with Gasteiger partial charge in [0.2, 0.25) is 0 Å². The summed E-state index contributed by atoms with van der Waals surface area (Å²) in [5.41, 5.74) is 0.327. The van der Waals surface area contributed by atoms with Crippen molar-refractivity contribution in [2.45, 2.75) is 19.4 Å². The molecule has 0 bridgehead atoms. The van der Waals surface area contributed by atoms with Crippen molar-refractivity contribution in [1.29, 1.82) is 0 Å². The van der Waals surface area contributed by atoms with E-state index in [9.17, 15) is 9.18 Å². The van der Waals surface area contributed by atoms with Gasteiger partial charge in [-0.05, 0) is 31.5 Å². The number of halogens is 1. The molecule has 1 aromatic rings. The lowest BCUT2D eigenvalue weighted by atomic mass is 10.2. The second-order valence-electron chi connectivity index (χ2n) is 3.87. The molecule has 1 unspecified atom stereocenters. The van der Waals surface area contributed by atoms with E-state index >= 15 is 0 Å². The van der Waals surface area contributed by atoms with Gasteiger partial charge in [0.1, 0.15) is 5.82 Å². The van der Waals surface area contributed by atoms with Gasteiger partial charge in [-0.1, -0.05) is 6.07 Å². The van der Waals surface area contributed by atoms with Crippen LogP contribution < -0.4 is 0 Å². The fourth-order valence-electron chi connectivity index (χ4n) is 1.32.